The second-order valence-electron chi connectivity index (χ2n) is 11.3. The van der Waals surface area contributed by atoms with Crippen molar-refractivity contribution < 1.29 is 14.3 Å². The van der Waals surface area contributed by atoms with Crippen LogP contribution in [0.2, 0.25) is 0 Å². The van der Waals surface area contributed by atoms with Crippen molar-refractivity contribution in [1.82, 2.24) is 9.88 Å². The van der Waals surface area contributed by atoms with E-state index in [1.54, 1.807) is 4.90 Å². The first-order valence-electron chi connectivity index (χ1n) is 13.8. The van der Waals surface area contributed by atoms with E-state index in [4.69, 9.17) is 15.6 Å². The third-order valence-corrected chi connectivity index (χ3v) is 7.27. The highest BCUT2D eigenvalue weighted by atomic mass is 16.6. The Hall–Kier alpha value is -4.23. The summed E-state index contributed by atoms with van der Waals surface area (Å²) in [5, 5.41) is 2.00. The Morgan fingerprint density at radius 1 is 0.925 bits per heavy atom. The molecule has 2 N–H and O–H groups in total. The van der Waals surface area contributed by atoms with Crippen LogP contribution >= 0.6 is 0 Å². The molecule has 5 rings (SSSR count). The monoisotopic (exact) mass is 536 g/mol. The number of pyridine rings is 1. The standard InChI is InChI=1S/C33H36N4O3/c1-33(2,3)40-32(39)36-20-18-23(19-21-36)22-27-29(31(38)37(34)25-14-8-5-9-15-25)26-16-10-11-17-28(26)35-30(27)24-12-6-4-7-13-24/h4-17,23H,18-22,34H2,1-3H3. The summed E-state index contributed by atoms with van der Waals surface area (Å²) in [5.41, 5.74) is 4.03. The van der Waals surface area contributed by atoms with E-state index < -0.39 is 5.60 Å². The Kier molecular flexibility index (Phi) is 7.85. The van der Waals surface area contributed by atoms with Gasteiger partial charge in [0.05, 0.1) is 22.5 Å². The summed E-state index contributed by atoms with van der Waals surface area (Å²) < 4.78 is 5.59. The number of para-hydroxylation sites is 2. The number of hydrogen-bond acceptors (Lipinski definition) is 5. The van der Waals surface area contributed by atoms with Crippen molar-refractivity contribution in [3.05, 3.63) is 96.1 Å². The van der Waals surface area contributed by atoms with E-state index in [9.17, 15) is 9.59 Å². The summed E-state index contributed by atoms with van der Waals surface area (Å²) in [6, 6.07) is 27.0. The van der Waals surface area contributed by atoms with Crippen LogP contribution in [0.5, 0.6) is 0 Å². The second-order valence-corrected chi connectivity index (χ2v) is 11.3. The largest absolute Gasteiger partial charge is 0.444 e. The molecule has 7 nitrogen and oxygen atoms in total. The predicted molar refractivity (Wildman–Crippen MR) is 159 cm³/mol. The van der Waals surface area contributed by atoms with Crippen LogP contribution in [0.1, 0.15) is 49.5 Å². The van der Waals surface area contributed by atoms with E-state index in [0.717, 1.165) is 40.6 Å². The number of ether oxygens (including phenoxy) is 1. The van der Waals surface area contributed by atoms with Gasteiger partial charge in [0.15, 0.2) is 0 Å². The van der Waals surface area contributed by atoms with Crippen LogP contribution in [0.15, 0.2) is 84.9 Å². The lowest BCUT2D eigenvalue weighted by Crippen LogP contribution is -2.42. The highest BCUT2D eigenvalue weighted by molar-refractivity contribution is 6.15. The van der Waals surface area contributed by atoms with E-state index in [-0.39, 0.29) is 17.9 Å². The van der Waals surface area contributed by atoms with E-state index >= 15 is 0 Å². The fraction of sp³-hybridized carbons (Fsp3) is 0.303. The average molecular weight is 537 g/mol. The number of rotatable bonds is 5. The van der Waals surface area contributed by atoms with Crippen LogP contribution in [0, 0.1) is 5.92 Å². The van der Waals surface area contributed by atoms with Gasteiger partial charge in [0.1, 0.15) is 5.60 Å². The van der Waals surface area contributed by atoms with Crippen LogP contribution < -0.4 is 10.9 Å². The molecule has 0 spiro atoms. The molecule has 7 heteroatoms. The number of piperidine rings is 1. The Bertz CT molecular complexity index is 1490. The van der Waals surface area contributed by atoms with Gasteiger partial charge in [-0.2, -0.15) is 0 Å². The van der Waals surface area contributed by atoms with Crippen molar-refractivity contribution in [3.8, 4) is 11.3 Å². The van der Waals surface area contributed by atoms with Gasteiger partial charge in [-0.1, -0.05) is 66.7 Å². The van der Waals surface area contributed by atoms with Crippen molar-refractivity contribution in [3.63, 3.8) is 0 Å². The van der Waals surface area contributed by atoms with Crippen LogP contribution in [0.25, 0.3) is 22.2 Å². The summed E-state index contributed by atoms with van der Waals surface area (Å²) in [4.78, 5) is 33.7. The number of fused-ring (bicyclic) bond motifs is 1. The normalized spacial score (nSPS) is 14.2. The van der Waals surface area contributed by atoms with Crippen LogP contribution in [0.3, 0.4) is 0 Å². The molecule has 206 valence electrons. The van der Waals surface area contributed by atoms with Crippen LogP contribution in [-0.4, -0.2) is 40.6 Å². The van der Waals surface area contributed by atoms with Gasteiger partial charge < -0.3 is 9.64 Å². The number of likely N-dealkylation sites (tertiary alicyclic amines) is 1. The maximum atomic E-state index is 14.2. The van der Waals surface area contributed by atoms with Gasteiger partial charge in [-0.05, 0) is 69.7 Å². The van der Waals surface area contributed by atoms with Crippen molar-refractivity contribution >= 4 is 28.6 Å². The smallest absolute Gasteiger partial charge is 0.410 e. The van der Waals surface area contributed by atoms with Crippen LogP contribution in [0.4, 0.5) is 10.5 Å². The number of benzene rings is 3. The number of hydrogen-bond donors (Lipinski definition) is 1. The highest BCUT2D eigenvalue weighted by Gasteiger charge is 2.30. The second kappa shape index (κ2) is 11.5. The number of carbonyl (C=O) groups excluding carboxylic acids is 2. The lowest BCUT2D eigenvalue weighted by atomic mass is 9.85. The zero-order valence-electron chi connectivity index (χ0n) is 23.3. The number of anilines is 1. The molecule has 1 aliphatic rings. The van der Waals surface area contributed by atoms with Gasteiger partial charge in [0.25, 0.3) is 5.91 Å². The van der Waals surface area contributed by atoms with E-state index in [0.29, 0.717) is 30.8 Å². The predicted octanol–water partition coefficient (Wildman–Crippen LogP) is 6.61. The third-order valence-electron chi connectivity index (χ3n) is 7.27. The van der Waals surface area contributed by atoms with Crippen molar-refractivity contribution in [2.75, 3.05) is 18.1 Å². The number of nitrogens with two attached hydrogens (primary N) is 1. The van der Waals surface area contributed by atoms with Crippen LogP contribution in [-0.2, 0) is 11.2 Å². The molecule has 0 unspecified atom stereocenters. The molecular weight excluding hydrogens is 500 g/mol. The molecule has 0 aliphatic carbocycles. The molecule has 3 aromatic carbocycles. The molecule has 0 atom stereocenters. The fourth-order valence-corrected chi connectivity index (χ4v) is 5.29. The lowest BCUT2D eigenvalue weighted by Gasteiger charge is -2.34. The highest BCUT2D eigenvalue weighted by Crippen LogP contribution is 2.35. The molecule has 0 radical (unpaired) electrons. The quantitative estimate of drug-likeness (QED) is 0.176. The van der Waals surface area contributed by atoms with Gasteiger partial charge in [-0.15, -0.1) is 0 Å². The van der Waals surface area contributed by atoms with Gasteiger partial charge in [0.2, 0.25) is 0 Å². The van der Waals surface area contributed by atoms with Gasteiger partial charge >= 0.3 is 6.09 Å². The Balaban J connectivity index is 1.55. The minimum atomic E-state index is -0.530. The Morgan fingerprint density at radius 2 is 1.52 bits per heavy atom. The van der Waals surface area contributed by atoms with Gasteiger partial charge in [-0.3, -0.25) is 4.79 Å². The van der Waals surface area contributed by atoms with E-state index in [1.807, 2.05) is 106 Å². The number of nitrogens with zero attached hydrogens (tertiary/aromatic N) is 3. The average Bonchev–Trinajstić information content (AvgIpc) is 2.96. The maximum absolute atomic E-state index is 14.2. The Labute approximate surface area is 235 Å². The minimum Gasteiger partial charge on any atom is -0.444 e. The number of aromatic nitrogens is 1. The summed E-state index contributed by atoms with van der Waals surface area (Å²) >= 11 is 0. The molecule has 40 heavy (non-hydrogen) atoms. The number of amides is 2. The first-order chi connectivity index (χ1) is 19.2. The minimum absolute atomic E-state index is 0.263. The topological polar surface area (TPSA) is 88.8 Å². The van der Waals surface area contributed by atoms with E-state index in [1.165, 1.54) is 5.01 Å². The van der Waals surface area contributed by atoms with E-state index in [2.05, 4.69) is 0 Å². The van der Waals surface area contributed by atoms with Gasteiger partial charge in [-0.25, -0.2) is 20.6 Å². The molecule has 0 bridgehead atoms. The first kappa shape index (κ1) is 27.3. The molecule has 4 aromatic rings. The fourth-order valence-electron chi connectivity index (χ4n) is 5.29. The first-order valence-corrected chi connectivity index (χ1v) is 13.8. The molecule has 2 amide bonds. The summed E-state index contributed by atoms with van der Waals surface area (Å²) in [5.74, 6) is 6.45. The molecular formula is C33H36N4O3. The molecule has 1 saturated heterocycles. The lowest BCUT2D eigenvalue weighted by molar-refractivity contribution is 0.0184. The maximum Gasteiger partial charge on any atom is 0.410 e. The zero-order valence-corrected chi connectivity index (χ0v) is 23.3. The number of carbonyl (C=O) groups is 2. The summed E-state index contributed by atoms with van der Waals surface area (Å²) in [7, 11) is 0. The third kappa shape index (κ3) is 6.00. The SMILES string of the molecule is CC(C)(C)OC(=O)N1CCC(Cc2c(-c3ccccc3)nc3ccccc3c2C(=O)N(N)c2ccccc2)CC1. The molecule has 1 aliphatic heterocycles. The molecule has 0 saturated carbocycles. The summed E-state index contributed by atoms with van der Waals surface area (Å²) in [6.45, 7) is 6.85. The van der Waals surface area contributed by atoms with Crippen molar-refractivity contribution in [1.29, 1.82) is 0 Å². The zero-order chi connectivity index (χ0) is 28.3. The molecule has 1 fully saturated rings. The van der Waals surface area contributed by atoms with Crippen molar-refractivity contribution in [2.45, 2.75) is 45.6 Å². The summed E-state index contributed by atoms with van der Waals surface area (Å²) in [6.07, 6.45) is 1.98. The molecule has 1 aromatic heterocycles. The Morgan fingerprint density at radius 3 is 2.17 bits per heavy atom. The molecule has 2 heterocycles. The van der Waals surface area contributed by atoms with Gasteiger partial charge in [0, 0.05) is 24.0 Å². The van der Waals surface area contributed by atoms with Crippen molar-refractivity contribution in [2.24, 2.45) is 11.8 Å². The number of hydrazine groups is 1.